The van der Waals surface area contributed by atoms with E-state index in [0.29, 0.717) is 13.0 Å². The first kappa shape index (κ1) is 12.0. The van der Waals surface area contributed by atoms with Crippen LogP contribution < -0.4 is 24.0 Å². The Kier molecular flexibility index (Phi) is 5.65. The summed E-state index contributed by atoms with van der Waals surface area (Å²) in [4.78, 5) is 12.6. The summed E-state index contributed by atoms with van der Waals surface area (Å²) in [6.07, 6.45) is 1.89. The molecule has 0 amide bonds. The van der Waals surface area contributed by atoms with Crippen LogP contribution in [-0.4, -0.2) is 30.5 Å². The van der Waals surface area contributed by atoms with Crippen molar-refractivity contribution in [2.75, 3.05) is 19.6 Å². The molecule has 0 aliphatic carbocycles. The maximum absolute atomic E-state index is 10.5. The van der Waals surface area contributed by atoms with Gasteiger partial charge in [0.15, 0.2) is 0 Å². The van der Waals surface area contributed by atoms with Crippen molar-refractivity contribution in [2.24, 2.45) is 5.92 Å². The van der Waals surface area contributed by atoms with Gasteiger partial charge in [-0.05, 0) is 25.9 Å². The van der Waals surface area contributed by atoms with E-state index in [1.165, 1.54) is 6.42 Å². The first-order valence-electron chi connectivity index (χ1n) is 4.17. The number of carboxylic acid groups (broad SMARTS) is 1. The van der Waals surface area contributed by atoms with Crippen LogP contribution in [0.25, 0.3) is 0 Å². The molecule has 0 aromatic heterocycles. The van der Waals surface area contributed by atoms with Crippen LogP contribution in [0.3, 0.4) is 0 Å². The Labute approximate surface area is 85.3 Å². The molecule has 3 nitrogen and oxygen atoms in total. The van der Waals surface area contributed by atoms with Gasteiger partial charge in [-0.25, -0.2) is 0 Å². The van der Waals surface area contributed by atoms with Gasteiger partial charge in [0, 0.05) is 18.4 Å². The van der Waals surface area contributed by atoms with E-state index < -0.39 is 5.97 Å². The molecule has 1 rings (SSSR count). The molecule has 0 radical (unpaired) electrons. The van der Waals surface area contributed by atoms with Gasteiger partial charge >= 0.3 is 18.9 Å². The fourth-order valence-corrected chi connectivity index (χ4v) is 1.25. The summed E-state index contributed by atoms with van der Waals surface area (Å²) < 4.78 is 0. The molecule has 64 valence electrons. The molecule has 1 saturated heterocycles. The van der Waals surface area contributed by atoms with E-state index in [-0.39, 0.29) is 24.8 Å². The molecule has 0 N–H and O–H groups in total. The summed E-state index contributed by atoms with van der Waals surface area (Å²) in [5.41, 5.74) is 0. The van der Waals surface area contributed by atoms with E-state index in [0.717, 1.165) is 13.1 Å². The average molecular weight is 163 g/mol. The van der Waals surface area contributed by atoms with Crippen molar-refractivity contribution in [3.63, 3.8) is 0 Å². The van der Waals surface area contributed by atoms with Gasteiger partial charge < -0.3 is 14.8 Å². The van der Waals surface area contributed by atoms with Crippen LogP contribution in [0.4, 0.5) is 0 Å². The Morgan fingerprint density at radius 3 is 2.42 bits per heavy atom. The summed E-state index contributed by atoms with van der Waals surface area (Å²) in [7, 11) is 0. The van der Waals surface area contributed by atoms with Crippen molar-refractivity contribution in [3.8, 4) is 0 Å². The van der Waals surface area contributed by atoms with Gasteiger partial charge in [-0.1, -0.05) is 6.92 Å². The molecule has 0 saturated carbocycles. The summed E-state index contributed by atoms with van der Waals surface area (Å²) >= 11 is 0. The van der Waals surface area contributed by atoms with Crippen LogP contribution in [0.2, 0.25) is 0 Å². The molecule has 1 heterocycles. The maximum Gasteiger partial charge on any atom is 1.00 e. The zero-order chi connectivity index (χ0) is 8.27. The molecular weight excluding hydrogens is 149 g/mol. The number of carboxylic acids is 1. The van der Waals surface area contributed by atoms with Crippen molar-refractivity contribution in [1.82, 2.24) is 4.90 Å². The number of likely N-dealkylation sites (tertiary alicyclic amines) is 1. The maximum atomic E-state index is 10.5. The van der Waals surface area contributed by atoms with Crippen molar-refractivity contribution in [3.05, 3.63) is 0 Å². The van der Waals surface area contributed by atoms with Crippen LogP contribution in [0.5, 0.6) is 0 Å². The Hall–Kier alpha value is 0.0274. The molecule has 12 heavy (non-hydrogen) atoms. The van der Waals surface area contributed by atoms with Crippen molar-refractivity contribution >= 4 is 5.97 Å². The fraction of sp³-hybridized carbons (Fsp3) is 0.875. The number of rotatable bonds is 4. The van der Waals surface area contributed by atoms with Gasteiger partial charge in [-0.3, -0.25) is 0 Å². The van der Waals surface area contributed by atoms with E-state index in [9.17, 15) is 9.90 Å². The molecule has 0 aromatic rings. The first-order chi connectivity index (χ1) is 5.24. The standard InChI is InChI=1S/C8H15NO2.Li/c1-2-7(8(10)11)6-9-4-3-5-9;/h7H,2-6H2,1H3,(H,10,11);/q;+1/p-1/t7-;/m0./s1. The Morgan fingerprint density at radius 2 is 2.17 bits per heavy atom. The minimum Gasteiger partial charge on any atom is -0.550 e. The second kappa shape index (κ2) is 5.64. The van der Waals surface area contributed by atoms with Gasteiger partial charge in [-0.15, -0.1) is 0 Å². The number of carbonyl (C=O) groups is 1. The fourth-order valence-electron chi connectivity index (χ4n) is 1.25. The van der Waals surface area contributed by atoms with E-state index in [1.54, 1.807) is 0 Å². The number of aliphatic carboxylic acids is 1. The number of nitrogens with zero attached hydrogens (tertiary/aromatic N) is 1. The number of hydrogen-bond acceptors (Lipinski definition) is 3. The van der Waals surface area contributed by atoms with Crippen molar-refractivity contribution in [2.45, 2.75) is 19.8 Å². The smallest absolute Gasteiger partial charge is 0.550 e. The summed E-state index contributed by atoms with van der Waals surface area (Å²) in [5.74, 6) is -1.17. The van der Waals surface area contributed by atoms with E-state index in [1.807, 2.05) is 6.92 Å². The number of hydrogen-bond donors (Lipinski definition) is 0. The van der Waals surface area contributed by atoms with Crippen LogP contribution in [0.1, 0.15) is 19.8 Å². The SMILES string of the molecule is CC[C@@H](CN1CCC1)C(=O)[O-].[Li+]. The van der Waals surface area contributed by atoms with Gasteiger partial charge in [-0.2, -0.15) is 0 Å². The quantitative estimate of drug-likeness (QED) is 0.403. The monoisotopic (exact) mass is 163 g/mol. The molecule has 0 spiro atoms. The zero-order valence-corrected chi connectivity index (χ0v) is 7.88. The topological polar surface area (TPSA) is 43.4 Å². The molecule has 0 bridgehead atoms. The van der Waals surface area contributed by atoms with Gasteiger partial charge in [0.05, 0.1) is 0 Å². The summed E-state index contributed by atoms with van der Waals surface area (Å²) in [6, 6.07) is 0. The van der Waals surface area contributed by atoms with Crippen molar-refractivity contribution in [1.29, 1.82) is 0 Å². The third kappa shape index (κ3) is 3.18. The molecule has 0 aromatic carbocycles. The number of carbonyl (C=O) groups excluding carboxylic acids is 1. The minimum absolute atomic E-state index is 0. The third-order valence-electron chi connectivity index (χ3n) is 2.25. The average Bonchev–Trinajstić information content (AvgIpc) is 1.85. The largest absolute Gasteiger partial charge is 1.00 e. The van der Waals surface area contributed by atoms with Gasteiger partial charge in [0.2, 0.25) is 0 Å². The molecule has 0 unspecified atom stereocenters. The molecule has 4 heteroatoms. The van der Waals surface area contributed by atoms with Crippen LogP contribution in [0.15, 0.2) is 0 Å². The van der Waals surface area contributed by atoms with Crippen molar-refractivity contribution < 1.29 is 28.8 Å². The predicted octanol–water partition coefficient (Wildman–Crippen LogP) is -3.53. The molecule has 1 aliphatic rings. The molecule has 1 fully saturated rings. The summed E-state index contributed by atoms with van der Waals surface area (Å²) in [6.45, 7) is 4.69. The minimum atomic E-state index is -0.903. The Bertz CT molecular complexity index is 148. The first-order valence-corrected chi connectivity index (χ1v) is 4.17. The zero-order valence-electron chi connectivity index (χ0n) is 7.88. The Morgan fingerprint density at radius 1 is 1.58 bits per heavy atom. The van der Waals surface area contributed by atoms with E-state index in [4.69, 9.17) is 0 Å². The van der Waals surface area contributed by atoms with Crippen LogP contribution >= 0.6 is 0 Å². The second-order valence-electron chi connectivity index (χ2n) is 3.08. The normalized spacial score (nSPS) is 19.1. The molecular formula is C8H14LiNO2. The second-order valence-corrected chi connectivity index (χ2v) is 3.08. The van der Waals surface area contributed by atoms with Gasteiger partial charge in [0.25, 0.3) is 0 Å². The third-order valence-corrected chi connectivity index (χ3v) is 2.25. The van der Waals surface area contributed by atoms with Crippen LogP contribution in [0, 0.1) is 5.92 Å². The summed E-state index contributed by atoms with van der Waals surface area (Å²) in [5, 5.41) is 10.5. The van der Waals surface area contributed by atoms with E-state index in [2.05, 4.69) is 4.90 Å². The predicted molar refractivity (Wildman–Crippen MR) is 39.8 cm³/mol. The Balaban J connectivity index is 0.00000121. The van der Waals surface area contributed by atoms with E-state index >= 15 is 0 Å². The van der Waals surface area contributed by atoms with Gasteiger partial charge in [0.1, 0.15) is 0 Å². The molecule has 1 aliphatic heterocycles. The molecule has 1 atom stereocenters. The van der Waals surface area contributed by atoms with Crippen LogP contribution in [-0.2, 0) is 4.79 Å².